The molecule has 0 aliphatic carbocycles. The minimum atomic E-state index is -3.85. The molecule has 13 nitrogen and oxygen atoms in total. The molecule has 0 unspecified atom stereocenters. The topological polar surface area (TPSA) is 180 Å². The number of hydrogen-bond donors (Lipinski definition) is 2. The van der Waals surface area contributed by atoms with Crippen molar-refractivity contribution in [3.63, 3.8) is 0 Å². The molecule has 1 fully saturated rings. The third-order valence-corrected chi connectivity index (χ3v) is 11.1. The lowest BCUT2D eigenvalue weighted by Gasteiger charge is -2.49. The highest BCUT2D eigenvalue weighted by Gasteiger charge is 2.55. The number of rotatable bonds is 10. The SMILES string of the molecule is CC(=O)OCC1=C(C(=O)OC(C)(C)C)N2C(=O)[C@H](NC(=O)C(=NOP(=O)(c3ccccc3)c3ccccc3)c3csc(N)n3)[C@H]2SC1. The monoisotopic (exact) mass is 697 g/mol. The number of carbonyl (C=O) groups is 4. The van der Waals surface area contributed by atoms with Gasteiger partial charge < -0.3 is 25.1 Å². The minimum Gasteiger partial charge on any atom is -0.461 e. The third-order valence-electron chi connectivity index (χ3n) is 6.79. The van der Waals surface area contributed by atoms with Crippen molar-refractivity contribution in [1.29, 1.82) is 0 Å². The van der Waals surface area contributed by atoms with Gasteiger partial charge in [-0.2, -0.15) is 0 Å². The number of thiazole rings is 1. The first-order valence-electron chi connectivity index (χ1n) is 14.3. The molecule has 0 saturated carbocycles. The van der Waals surface area contributed by atoms with E-state index in [0.29, 0.717) is 16.2 Å². The number of hydrogen-bond acceptors (Lipinski definition) is 13. The second-order valence-corrected chi connectivity index (χ2v) is 15.7. The van der Waals surface area contributed by atoms with Gasteiger partial charge in [-0.3, -0.25) is 23.8 Å². The van der Waals surface area contributed by atoms with E-state index in [0.717, 1.165) is 11.3 Å². The first-order chi connectivity index (χ1) is 22.3. The van der Waals surface area contributed by atoms with Gasteiger partial charge in [0.25, 0.3) is 11.8 Å². The van der Waals surface area contributed by atoms with Crippen molar-refractivity contribution in [3.8, 4) is 0 Å². The number of fused-ring (bicyclic) bond motifs is 1. The summed E-state index contributed by atoms with van der Waals surface area (Å²) in [6, 6.07) is 15.8. The van der Waals surface area contributed by atoms with Crippen LogP contribution in [0.3, 0.4) is 0 Å². The number of ether oxygens (including phenoxy) is 2. The van der Waals surface area contributed by atoms with Crippen LogP contribution in [0, 0.1) is 0 Å². The van der Waals surface area contributed by atoms with Crippen molar-refractivity contribution in [1.82, 2.24) is 15.2 Å². The molecule has 2 aliphatic rings. The Morgan fingerprint density at radius 3 is 2.23 bits per heavy atom. The lowest BCUT2D eigenvalue weighted by atomic mass is 10.0. The van der Waals surface area contributed by atoms with E-state index in [1.165, 1.54) is 29.0 Å². The Morgan fingerprint density at radius 1 is 1.09 bits per heavy atom. The van der Waals surface area contributed by atoms with E-state index in [2.05, 4.69) is 15.5 Å². The first kappa shape index (κ1) is 33.9. The fraction of sp³-hybridized carbons (Fsp3) is 0.290. The fourth-order valence-corrected chi connectivity index (χ4v) is 8.39. The van der Waals surface area contributed by atoms with E-state index in [1.54, 1.807) is 81.4 Å². The Kier molecular flexibility index (Phi) is 9.89. The molecule has 246 valence electrons. The van der Waals surface area contributed by atoms with Crippen LogP contribution in [0.15, 0.2) is 82.5 Å². The number of aromatic nitrogens is 1. The molecule has 2 aliphatic heterocycles. The summed E-state index contributed by atoms with van der Waals surface area (Å²) in [5.74, 6) is -2.50. The molecule has 3 heterocycles. The first-order valence-corrected chi connectivity index (χ1v) is 17.9. The van der Waals surface area contributed by atoms with Gasteiger partial charge in [0.05, 0.1) is 10.6 Å². The van der Waals surface area contributed by atoms with E-state index < -0.39 is 48.1 Å². The molecule has 3 N–H and O–H groups in total. The molecule has 1 aromatic heterocycles. The highest BCUT2D eigenvalue weighted by atomic mass is 32.2. The largest absolute Gasteiger partial charge is 0.461 e. The minimum absolute atomic E-state index is 0.0309. The molecular formula is C31H32N5O8PS2. The molecular weight excluding hydrogens is 665 g/mol. The van der Waals surface area contributed by atoms with Gasteiger partial charge in [-0.05, 0) is 45.0 Å². The van der Waals surface area contributed by atoms with Crippen molar-refractivity contribution in [2.75, 3.05) is 18.1 Å². The van der Waals surface area contributed by atoms with Gasteiger partial charge in [0.15, 0.2) is 10.8 Å². The number of anilines is 1. The zero-order valence-corrected chi connectivity index (χ0v) is 28.4. The average Bonchev–Trinajstić information content (AvgIpc) is 3.47. The molecule has 2 amide bonds. The highest BCUT2D eigenvalue weighted by Crippen LogP contribution is 2.45. The molecule has 3 aromatic rings. The number of nitrogens with zero attached hydrogens (tertiary/aromatic N) is 3. The lowest BCUT2D eigenvalue weighted by molar-refractivity contribution is -0.159. The third kappa shape index (κ3) is 7.42. The maximum absolute atomic E-state index is 14.4. The predicted molar refractivity (Wildman–Crippen MR) is 178 cm³/mol. The summed E-state index contributed by atoms with van der Waals surface area (Å²) >= 11 is 2.33. The smallest absolute Gasteiger partial charge is 0.355 e. The summed E-state index contributed by atoms with van der Waals surface area (Å²) in [5, 5.41) is 8.40. The van der Waals surface area contributed by atoms with Gasteiger partial charge in [0, 0.05) is 23.6 Å². The van der Waals surface area contributed by atoms with Crippen LogP contribution >= 0.6 is 30.5 Å². The molecule has 0 spiro atoms. The van der Waals surface area contributed by atoms with Crippen LogP contribution in [0.4, 0.5) is 5.13 Å². The van der Waals surface area contributed by atoms with Crippen LogP contribution in [0.5, 0.6) is 0 Å². The Morgan fingerprint density at radius 2 is 1.70 bits per heavy atom. The summed E-state index contributed by atoms with van der Waals surface area (Å²) in [6.45, 7) is 6.11. The van der Waals surface area contributed by atoms with Crippen LogP contribution in [0.1, 0.15) is 33.4 Å². The van der Waals surface area contributed by atoms with E-state index in [1.807, 2.05) is 0 Å². The molecule has 1 saturated heterocycles. The maximum atomic E-state index is 14.4. The van der Waals surface area contributed by atoms with Crippen LogP contribution < -0.4 is 21.7 Å². The van der Waals surface area contributed by atoms with Gasteiger partial charge in [0.2, 0.25) is 0 Å². The summed E-state index contributed by atoms with van der Waals surface area (Å²) in [4.78, 5) is 57.5. The van der Waals surface area contributed by atoms with E-state index in [9.17, 15) is 23.7 Å². The van der Waals surface area contributed by atoms with E-state index in [4.69, 9.17) is 19.8 Å². The van der Waals surface area contributed by atoms with Crippen LogP contribution in [0.25, 0.3) is 0 Å². The number of oxime groups is 1. The Labute approximate surface area is 279 Å². The summed E-state index contributed by atoms with van der Waals surface area (Å²) in [7, 11) is -3.85. The number of benzene rings is 2. The summed E-state index contributed by atoms with van der Waals surface area (Å²) < 4.78 is 30.8. The second kappa shape index (κ2) is 13.7. The fourth-order valence-electron chi connectivity index (χ4n) is 4.70. The van der Waals surface area contributed by atoms with Crippen molar-refractivity contribution in [3.05, 3.63) is 83.0 Å². The standard InChI is InChI=1S/C31H32N5O8PS2/c1-18(37)42-15-19-16-46-28-24(27(39)36(28)25(19)29(40)43-31(2,3)4)34-26(38)23(22-17-47-30(32)33-22)35-44-45(41,20-11-7-5-8-12-20)21-13-9-6-10-14-21/h5-14,17,24,28H,15-16H2,1-4H3,(H2,32,33)(H,34,38)/t24-,28+/m0/s1. The number of nitrogens with two attached hydrogens (primary N) is 1. The van der Waals surface area contributed by atoms with Crippen molar-refractivity contribution < 1.29 is 37.8 Å². The normalized spacial score (nSPS) is 18.2. The van der Waals surface area contributed by atoms with Crippen molar-refractivity contribution >= 4 is 75.7 Å². The predicted octanol–water partition coefficient (Wildman–Crippen LogP) is 2.93. The number of carbonyl (C=O) groups excluding carboxylic acids is 4. The average molecular weight is 698 g/mol. The zero-order chi connectivity index (χ0) is 33.9. The number of β-lactam (4-membered cyclic amide) rings is 1. The molecule has 0 bridgehead atoms. The number of esters is 2. The van der Waals surface area contributed by atoms with Gasteiger partial charge >= 0.3 is 19.3 Å². The van der Waals surface area contributed by atoms with E-state index in [-0.39, 0.29) is 34.6 Å². The maximum Gasteiger partial charge on any atom is 0.355 e. The molecule has 2 atom stereocenters. The van der Waals surface area contributed by atoms with Crippen molar-refractivity contribution in [2.24, 2.45) is 5.16 Å². The number of thioether (sulfide) groups is 1. The van der Waals surface area contributed by atoms with E-state index >= 15 is 0 Å². The quantitative estimate of drug-likeness (QED) is 0.105. The van der Waals surface area contributed by atoms with Gasteiger partial charge in [-0.15, -0.1) is 23.1 Å². The number of nitrogens with one attached hydrogen (secondary N) is 1. The number of amides is 2. The van der Waals surface area contributed by atoms with Crippen molar-refractivity contribution in [2.45, 2.75) is 44.7 Å². The lowest BCUT2D eigenvalue weighted by Crippen LogP contribution is -2.71. The van der Waals surface area contributed by atoms with Crippen LogP contribution in [-0.4, -0.2) is 68.7 Å². The van der Waals surface area contributed by atoms with Gasteiger partial charge in [0.1, 0.15) is 35.0 Å². The molecule has 47 heavy (non-hydrogen) atoms. The molecule has 2 aromatic carbocycles. The Hall–Kier alpha value is -4.46. The van der Waals surface area contributed by atoms with Gasteiger partial charge in [-0.1, -0.05) is 41.6 Å². The number of nitrogen functional groups attached to an aromatic ring is 1. The van der Waals surface area contributed by atoms with Crippen LogP contribution in [-0.2, 0) is 37.8 Å². The Balaban J connectivity index is 1.44. The summed E-state index contributed by atoms with van der Waals surface area (Å²) in [5.41, 5.74) is 5.06. The Bertz CT molecular complexity index is 1760. The molecule has 16 heteroatoms. The van der Waals surface area contributed by atoms with Gasteiger partial charge in [-0.25, -0.2) is 9.78 Å². The molecule has 0 radical (unpaired) electrons. The van der Waals surface area contributed by atoms with Crippen LogP contribution in [0.2, 0.25) is 0 Å². The highest BCUT2D eigenvalue weighted by molar-refractivity contribution is 8.00. The zero-order valence-electron chi connectivity index (χ0n) is 25.9. The second-order valence-electron chi connectivity index (χ2n) is 11.4. The summed E-state index contributed by atoms with van der Waals surface area (Å²) in [6.07, 6.45) is 0. The molecule has 5 rings (SSSR count).